The third-order valence-electron chi connectivity index (χ3n) is 4.92. The van der Waals surface area contributed by atoms with E-state index in [1.54, 1.807) is 28.9 Å². The number of nitrogens with zero attached hydrogens (tertiary/aromatic N) is 5. The van der Waals surface area contributed by atoms with Gasteiger partial charge in [-0.15, -0.1) is 17.5 Å². The largest absolute Gasteiger partial charge is 0.320 e. The van der Waals surface area contributed by atoms with Gasteiger partial charge in [0.05, 0.1) is 17.1 Å². The number of nitrogens with one attached hydrogen (secondary N) is 1. The van der Waals surface area contributed by atoms with E-state index in [0.717, 1.165) is 37.1 Å². The Kier molecular flexibility index (Phi) is 7.72. The van der Waals surface area contributed by atoms with E-state index in [-0.39, 0.29) is 12.4 Å². The van der Waals surface area contributed by atoms with Crippen molar-refractivity contribution in [1.29, 1.82) is 0 Å². The second kappa shape index (κ2) is 9.59. The van der Waals surface area contributed by atoms with Gasteiger partial charge in [0.1, 0.15) is 0 Å². The molecule has 1 aromatic carbocycles. The normalized spacial score (nSPS) is 16.2. The summed E-state index contributed by atoms with van der Waals surface area (Å²) >= 11 is 0. The van der Waals surface area contributed by atoms with Gasteiger partial charge in [0.25, 0.3) is 0 Å². The summed E-state index contributed by atoms with van der Waals surface area (Å²) in [6.45, 7) is 3.87. The Morgan fingerprint density at radius 1 is 1.19 bits per heavy atom. The van der Waals surface area contributed by atoms with Crippen LogP contribution in [0.2, 0.25) is 0 Å². The molecule has 0 unspecified atom stereocenters. The third-order valence-corrected chi connectivity index (χ3v) is 6.05. The third kappa shape index (κ3) is 5.71. The van der Waals surface area contributed by atoms with Gasteiger partial charge in [-0.3, -0.25) is 4.90 Å². The smallest absolute Gasteiger partial charge is 0.175 e. The quantitative estimate of drug-likeness (QED) is 0.729. The first kappa shape index (κ1) is 21.7. The zero-order valence-corrected chi connectivity index (χ0v) is 17.3. The van der Waals surface area contributed by atoms with Crippen LogP contribution in [0.4, 0.5) is 0 Å². The first-order chi connectivity index (χ1) is 12.5. The molecule has 0 bridgehead atoms. The maximum atomic E-state index is 11.6. The van der Waals surface area contributed by atoms with Crippen molar-refractivity contribution in [3.05, 3.63) is 30.1 Å². The Balaban J connectivity index is 0.00000261. The van der Waals surface area contributed by atoms with Crippen LogP contribution < -0.4 is 5.32 Å². The first-order valence-corrected chi connectivity index (χ1v) is 10.8. The topological polar surface area (TPSA) is 93.0 Å². The highest BCUT2D eigenvalue weighted by atomic mass is 35.5. The van der Waals surface area contributed by atoms with E-state index in [0.29, 0.717) is 11.4 Å². The van der Waals surface area contributed by atoms with E-state index in [4.69, 9.17) is 0 Å². The molecule has 8 nitrogen and oxygen atoms in total. The second-order valence-electron chi connectivity index (χ2n) is 6.88. The molecule has 27 heavy (non-hydrogen) atoms. The molecule has 150 valence electrons. The molecule has 0 aliphatic carbocycles. The van der Waals surface area contributed by atoms with Crippen LogP contribution in [0.5, 0.6) is 0 Å². The van der Waals surface area contributed by atoms with E-state index in [1.807, 2.05) is 7.05 Å². The molecule has 0 spiro atoms. The summed E-state index contributed by atoms with van der Waals surface area (Å²) in [6, 6.07) is 6.65. The molecule has 1 aromatic heterocycles. The van der Waals surface area contributed by atoms with Crippen molar-refractivity contribution in [3.8, 4) is 5.69 Å². The summed E-state index contributed by atoms with van der Waals surface area (Å²) in [5.41, 5.74) is 0.765. The van der Waals surface area contributed by atoms with Crippen molar-refractivity contribution in [1.82, 2.24) is 30.4 Å². The van der Waals surface area contributed by atoms with Crippen molar-refractivity contribution in [2.75, 3.05) is 32.9 Å². The van der Waals surface area contributed by atoms with Gasteiger partial charge >= 0.3 is 0 Å². The van der Waals surface area contributed by atoms with Crippen molar-refractivity contribution < 1.29 is 8.42 Å². The zero-order valence-electron chi connectivity index (χ0n) is 15.7. The molecule has 2 aromatic rings. The Morgan fingerprint density at radius 2 is 1.85 bits per heavy atom. The molecule has 0 saturated carbocycles. The fourth-order valence-corrected chi connectivity index (χ4v) is 3.95. The maximum Gasteiger partial charge on any atom is 0.175 e. The number of halogens is 1. The van der Waals surface area contributed by atoms with Gasteiger partial charge < -0.3 is 5.32 Å². The predicted octanol–water partition coefficient (Wildman–Crippen LogP) is 1.31. The zero-order chi connectivity index (χ0) is 18.6. The number of likely N-dealkylation sites (tertiary alicyclic amines) is 1. The lowest BCUT2D eigenvalue weighted by molar-refractivity contribution is 0.168. The molecule has 1 N–H and O–H groups in total. The molecular weight excluding hydrogens is 388 g/mol. The lowest BCUT2D eigenvalue weighted by Crippen LogP contribution is -2.34. The van der Waals surface area contributed by atoms with Crippen LogP contribution in [-0.2, 0) is 16.4 Å². The number of sulfone groups is 1. The van der Waals surface area contributed by atoms with Gasteiger partial charge in [-0.05, 0) is 86.6 Å². The summed E-state index contributed by atoms with van der Waals surface area (Å²) in [6.07, 6.45) is 4.83. The summed E-state index contributed by atoms with van der Waals surface area (Å²) in [7, 11) is -1.21. The fraction of sp³-hybridized carbons (Fsp3) is 0.588. The molecule has 0 atom stereocenters. The minimum atomic E-state index is -3.21. The van der Waals surface area contributed by atoms with Crippen LogP contribution in [0.25, 0.3) is 5.69 Å². The van der Waals surface area contributed by atoms with Gasteiger partial charge in [-0.2, -0.15) is 4.68 Å². The average molecular weight is 415 g/mol. The van der Waals surface area contributed by atoms with Gasteiger partial charge in [0, 0.05) is 6.26 Å². The summed E-state index contributed by atoms with van der Waals surface area (Å²) in [5.74, 6) is 1.56. The summed E-state index contributed by atoms with van der Waals surface area (Å²) in [5, 5.41) is 15.2. The van der Waals surface area contributed by atoms with E-state index < -0.39 is 9.84 Å². The van der Waals surface area contributed by atoms with Crippen LogP contribution >= 0.6 is 12.4 Å². The number of benzene rings is 1. The Labute approximate surface area is 166 Å². The monoisotopic (exact) mass is 414 g/mol. The van der Waals surface area contributed by atoms with Crippen LogP contribution in [0.15, 0.2) is 29.2 Å². The number of rotatable bonds is 7. The standard InChI is InChI=1S/C17H26N6O2S.ClH/c1-18-10-7-14-8-11-22(12-9-14)13-17-19-20-21-23(17)15-3-5-16(6-4-15)26(2,24)25;/h3-6,14,18H,7-13H2,1-2H3;1H. The van der Waals surface area contributed by atoms with Gasteiger partial charge in [-0.1, -0.05) is 0 Å². The molecule has 1 aliphatic heterocycles. The second-order valence-corrected chi connectivity index (χ2v) is 8.90. The Bertz CT molecular complexity index is 816. The lowest BCUT2D eigenvalue weighted by atomic mass is 9.93. The Hall–Kier alpha value is -1.55. The molecule has 0 radical (unpaired) electrons. The van der Waals surface area contributed by atoms with E-state index in [9.17, 15) is 8.42 Å². The molecule has 1 aliphatic rings. The number of hydrogen-bond acceptors (Lipinski definition) is 7. The van der Waals surface area contributed by atoms with Crippen LogP contribution in [-0.4, -0.2) is 66.5 Å². The van der Waals surface area contributed by atoms with Crippen LogP contribution in [0.3, 0.4) is 0 Å². The molecule has 10 heteroatoms. The molecule has 2 heterocycles. The first-order valence-electron chi connectivity index (χ1n) is 8.92. The number of tetrazole rings is 1. The average Bonchev–Trinajstić information content (AvgIpc) is 3.08. The highest BCUT2D eigenvalue weighted by molar-refractivity contribution is 7.90. The number of hydrogen-bond donors (Lipinski definition) is 1. The molecule has 1 saturated heterocycles. The van der Waals surface area contributed by atoms with Crippen LogP contribution in [0, 0.1) is 5.92 Å². The van der Waals surface area contributed by atoms with Crippen LogP contribution in [0.1, 0.15) is 25.1 Å². The van der Waals surface area contributed by atoms with Gasteiger partial charge in [0.15, 0.2) is 15.7 Å². The van der Waals surface area contributed by atoms with Gasteiger partial charge in [0.2, 0.25) is 0 Å². The summed E-state index contributed by atoms with van der Waals surface area (Å²) < 4.78 is 24.9. The minimum absolute atomic E-state index is 0. The lowest BCUT2D eigenvalue weighted by Gasteiger charge is -2.31. The number of aromatic nitrogens is 4. The van der Waals surface area contributed by atoms with Gasteiger partial charge in [-0.25, -0.2) is 8.42 Å². The molecular formula is C17H27ClN6O2S. The Morgan fingerprint density at radius 3 is 2.44 bits per heavy atom. The van der Waals surface area contributed by atoms with Crippen molar-refractivity contribution in [2.45, 2.75) is 30.7 Å². The van der Waals surface area contributed by atoms with E-state index in [1.165, 1.54) is 25.5 Å². The number of piperidine rings is 1. The molecule has 0 amide bonds. The summed E-state index contributed by atoms with van der Waals surface area (Å²) in [4.78, 5) is 2.67. The molecule has 1 fully saturated rings. The highest BCUT2D eigenvalue weighted by Crippen LogP contribution is 2.21. The van der Waals surface area contributed by atoms with Crippen molar-refractivity contribution in [3.63, 3.8) is 0 Å². The van der Waals surface area contributed by atoms with Crippen molar-refractivity contribution >= 4 is 22.2 Å². The maximum absolute atomic E-state index is 11.6. The SMILES string of the molecule is CNCCC1CCN(Cc2nnnn2-c2ccc(S(C)(=O)=O)cc2)CC1.Cl. The van der Waals surface area contributed by atoms with E-state index >= 15 is 0 Å². The predicted molar refractivity (Wildman–Crippen MR) is 106 cm³/mol. The molecule has 3 rings (SSSR count). The minimum Gasteiger partial charge on any atom is -0.320 e. The van der Waals surface area contributed by atoms with Crippen molar-refractivity contribution in [2.24, 2.45) is 5.92 Å². The fourth-order valence-electron chi connectivity index (χ4n) is 3.32. The van der Waals surface area contributed by atoms with E-state index in [2.05, 4.69) is 25.7 Å². The highest BCUT2D eigenvalue weighted by Gasteiger charge is 2.21.